The van der Waals surface area contributed by atoms with Crippen molar-refractivity contribution in [3.05, 3.63) is 64.7 Å². The van der Waals surface area contributed by atoms with Gasteiger partial charge in [0.15, 0.2) is 15.0 Å². The van der Waals surface area contributed by atoms with Gasteiger partial charge in [0.1, 0.15) is 5.75 Å². The first kappa shape index (κ1) is 22.2. The molecular formula is C22H23ClN2O4S2. The monoisotopic (exact) mass is 478 g/mol. The Kier molecular flexibility index (Phi) is 6.60. The van der Waals surface area contributed by atoms with E-state index in [0.717, 1.165) is 16.9 Å². The molecule has 2 aromatic carbocycles. The molecule has 0 aromatic heterocycles. The van der Waals surface area contributed by atoms with Crippen molar-refractivity contribution in [1.82, 2.24) is 4.90 Å². The summed E-state index contributed by atoms with van der Waals surface area (Å²) >= 11 is 7.57. The third-order valence-electron chi connectivity index (χ3n) is 5.50. The highest BCUT2D eigenvalue weighted by molar-refractivity contribution is 8.15. The van der Waals surface area contributed by atoms with Gasteiger partial charge in [0.25, 0.3) is 5.91 Å². The van der Waals surface area contributed by atoms with Crippen LogP contribution in [0.2, 0.25) is 5.02 Å². The zero-order valence-corrected chi connectivity index (χ0v) is 19.4. The lowest BCUT2D eigenvalue weighted by molar-refractivity contribution is -0.117. The average Bonchev–Trinajstić information content (AvgIpc) is 3.19. The molecule has 9 heteroatoms. The van der Waals surface area contributed by atoms with Gasteiger partial charge in [-0.25, -0.2) is 8.42 Å². The molecule has 0 aliphatic carbocycles. The van der Waals surface area contributed by atoms with Gasteiger partial charge in [-0.1, -0.05) is 53.7 Å². The largest absolute Gasteiger partial charge is 0.497 e. The predicted molar refractivity (Wildman–Crippen MR) is 125 cm³/mol. The van der Waals surface area contributed by atoms with Crippen LogP contribution in [0.5, 0.6) is 5.75 Å². The van der Waals surface area contributed by atoms with E-state index in [-0.39, 0.29) is 35.1 Å². The summed E-state index contributed by atoms with van der Waals surface area (Å²) in [7, 11) is -1.45. The number of amidine groups is 1. The van der Waals surface area contributed by atoms with Gasteiger partial charge < -0.3 is 9.64 Å². The number of amides is 1. The van der Waals surface area contributed by atoms with E-state index in [0.29, 0.717) is 23.2 Å². The van der Waals surface area contributed by atoms with Gasteiger partial charge in [-0.15, -0.1) is 0 Å². The van der Waals surface area contributed by atoms with Crippen LogP contribution in [0.25, 0.3) is 0 Å². The standard InChI is InChI=1S/C22H23ClN2O4S2/c1-29-17-8-6-15(7-9-17)10-11-25-19-13-31(27,28)14-20(19)30-22(25)24-21(26)12-16-4-2-3-5-18(16)23/h2-9,19-20H,10-14H2,1H3/t19-,20-/m0/s1. The second-order valence-corrected chi connectivity index (χ2v) is 11.4. The van der Waals surface area contributed by atoms with Crippen molar-refractivity contribution in [3.8, 4) is 5.75 Å². The number of hydrogen-bond donors (Lipinski definition) is 0. The van der Waals surface area contributed by atoms with Crippen LogP contribution in [0.1, 0.15) is 11.1 Å². The molecule has 2 aromatic rings. The minimum absolute atomic E-state index is 0.0901. The zero-order valence-electron chi connectivity index (χ0n) is 17.0. The van der Waals surface area contributed by atoms with Gasteiger partial charge in [0.2, 0.25) is 0 Å². The van der Waals surface area contributed by atoms with Crippen molar-refractivity contribution in [2.45, 2.75) is 24.1 Å². The van der Waals surface area contributed by atoms with Crippen LogP contribution in [0.4, 0.5) is 0 Å². The number of sulfone groups is 1. The number of carbonyl (C=O) groups excluding carboxylic acids is 1. The lowest BCUT2D eigenvalue weighted by atomic mass is 10.1. The van der Waals surface area contributed by atoms with E-state index in [1.165, 1.54) is 11.8 Å². The molecule has 6 nitrogen and oxygen atoms in total. The molecule has 0 bridgehead atoms. The van der Waals surface area contributed by atoms with E-state index < -0.39 is 9.84 Å². The molecular weight excluding hydrogens is 456 g/mol. The fraction of sp³-hybridized carbons (Fsp3) is 0.364. The van der Waals surface area contributed by atoms with Crippen LogP contribution >= 0.6 is 23.4 Å². The molecule has 0 radical (unpaired) electrons. The third-order valence-corrected chi connectivity index (χ3v) is 9.11. The van der Waals surface area contributed by atoms with Crippen LogP contribution < -0.4 is 4.74 Å². The van der Waals surface area contributed by atoms with E-state index in [2.05, 4.69) is 4.99 Å². The summed E-state index contributed by atoms with van der Waals surface area (Å²) in [5.41, 5.74) is 1.84. The quantitative estimate of drug-likeness (QED) is 0.634. The summed E-state index contributed by atoms with van der Waals surface area (Å²) in [5, 5.41) is 1.05. The number of hydrogen-bond acceptors (Lipinski definition) is 5. The highest BCUT2D eigenvalue weighted by atomic mass is 35.5. The van der Waals surface area contributed by atoms with E-state index in [9.17, 15) is 13.2 Å². The Hall–Kier alpha value is -2.03. The normalized spacial score (nSPS) is 23.2. The first-order valence-corrected chi connectivity index (χ1v) is 13.0. The minimum atomic E-state index is -3.07. The second-order valence-electron chi connectivity index (χ2n) is 7.65. The SMILES string of the molecule is COc1ccc(CCN2C(=NC(=O)Cc3ccccc3Cl)S[C@H]3CS(=O)(=O)C[C@@H]32)cc1. The van der Waals surface area contributed by atoms with E-state index >= 15 is 0 Å². The van der Waals surface area contributed by atoms with Gasteiger partial charge in [-0.3, -0.25) is 4.79 Å². The molecule has 0 spiro atoms. The molecule has 2 heterocycles. The van der Waals surface area contributed by atoms with Crippen LogP contribution in [-0.2, 0) is 27.5 Å². The highest BCUT2D eigenvalue weighted by Crippen LogP contribution is 2.38. The molecule has 4 rings (SSSR count). The zero-order chi connectivity index (χ0) is 22.0. The lowest BCUT2D eigenvalue weighted by Gasteiger charge is -2.24. The molecule has 2 fully saturated rings. The number of thioether (sulfide) groups is 1. The number of carbonyl (C=O) groups is 1. The average molecular weight is 479 g/mol. The highest BCUT2D eigenvalue weighted by Gasteiger charge is 2.48. The number of ether oxygens (including phenoxy) is 1. The summed E-state index contributed by atoms with van der Waals surface area (Å²) in [5.74, 6) is 0.729. The van der Waals surface area contributed by atoms with Gasteiger partial charge in [0.05, 0.1) is 31.1 Å². The molecule has 2 atom stereocenters. The number of aliphatic imine (C=N–C) groups is 1. The smallest absolute Gasteiger partial charge is 0.252 e. The summed E-state index contributed by atoms with van der Waals surface area (Å²) in [6, 6.07) is 14.8. The fourth-order valence-corrected chi connectivity index (χ4v) is 8.09. The minimum Gasteiger partial charge on any atom is -0.497 e. The Balaban J connectivity index is 1.51. The van der Waals surface area contributed by atoms with Crippen molar-refractivity contribution in [2.75, 3.05) is 25.2 Å². The van der Waals surface area contributed by atoms with Crippen LogP contribution in [0.3, 0.4) is 0 Å². The molecule has 2 saturated heterocycles. The topological polar surface area (TPSA) is 76.0 Å². The summed E-state index contributed by atoms with van der Waals surface area (Å²) in [6.45, 7) is 0.591. The Labute approximate surface area is 191 Å². The van der Waals surface area contributed by atoms with Crippen molar-refractivity contribution in [2.24, 2.45) is 4.99 Å². The van der Waals surface area contributed by atoms with Gasteiger partial charge in [-0.2, -0.15) is 4.99 Å². The molecule has 2 aliphatic rings. The van der Waals surface area contributed by atoms with Crippen molar-refractivity contribution in [3.63, 3.8) is 0 Å². The molecule has 1 amide bonds. The number of halogens is 1. The first-order chi connectivity index (χ1) is 14.8. The van der Waals surface area contributed by atoms with E-state index in [1.54, 1.807) is 13.2 Å². The number of benzene rings is 2. The van der Waals surface area contributed by atoms with E-state index in [1.807, 2.05) is 47.4 Å². The first-order valence-electron chi connectivity index (χ1n) is 9.96. The molecule has 0 unspecified atom stereocenters. The second kappa shape index (κ2) is 9.22. The van der Waals surface area contributed by atoms with Crippen LogP contribution in [0.15, 0.2) is 53.5 Å². The number of rotatable bonds is 6. The molecule has 0 N–H and O–H groups in total. The summed E-state index contributed by atoms with van der Waals surface area (Å²) < 4.78 is 29.5. The number of methoxy groups -OCH3 is 1. The Bertz CT molecular complexity index is 1100. The van der Waals surface area contributed by atoms with Gasteiger partial charge in [-0.05, 0) is 35.7 Å². The summed E-state index contributed by atoms with van der Waals surface area (Å²) in [4.78, 5) is 19.0. The molecule has 2 aliphatic heterocycles. The maximum absolute atomic E-state index is 12.6. The van der Waals surface area contributed by atoms with Crippen molar-refractivity contribution >= 4 is 44.3 Å². The molecule has 31 heavy (non-hydrogen) atoms. The number of fused-ring (bicyclic) bond motifs is 1. The van der Waals surface area contributed by atoms with Gasteiger partial charge in [0, 0.05) is 16.8 Å². The van der Waals surface area contributed by atoms with Crippen LogP contribution in [-0.4, -0.2) is 60.8 Å². The Morgan fingerprint density at radius 1 is 1.19 bits per heavy atom. The molecule has 0 saturated carbocycles. The lowest BCUT2D eigenvalue weighted by Crippen LogP contribution is -2.39. The molecule has 164 valence electrons. The Morgan fingerprint density at radius 3 is 2.65 bits per heavy atom. The van der Waals surface area contributed by atoms with E-state index in [4.69, 9.17) is 16.3 Å². The maximum atomic E-state index is 12.6. The third kappa shape index (κ3) is 5.25. The van der Waals surface area contributed by atoms with Gasteiger partial charge >= 0.3 is 0 Å². The fourth-order valence-electron chi connectivity index (χ4n) is 3.89. The number of nitrogens with zero attached hydrogens (tertiary/aromatic N) is 2. The summed E-state index contributed by atoms with van der Waals surface area (Å²) in [6.07, 6.45) is 0.829. The van der Waals surface area contributed by atoms with Crippen molar-refractivity contribution < 1.29 is 17.9 Å². The van der Waals surface area contributed by atoms with Crippen LogP contribution in [0, 0.1) is 0 Å². The van der Waals surface area contributed by atoms with Crippen molar-refractivity contribution in [1.29, 1.82) is 0 Å². The maximum Gasteiger partial charge on any atom is 0.252 e. The predicted octanol–water partition coefficient (Wildman–Crippen LogP) is 3.23. The Morgan fingerprint density at radius 2 is 1.94 bits per heavy atom.